The van der Waals surface area contributed by atoms with Gasteiger partial charge < -0.3 is 9.15 Å². The highest BCUT2D eigenvalue weighted by Crippen LogP contribution is 2.26. The molecule has 1 heterocycles. The average molecular weight is 299 g/mol. The van der Waals surface area contributed by atoms with Gasteiger partial charge in [0.25, 0.3) is 0 Å². The van der Waals surface area contributed by atoms with E-state index in [-0.39, 0.29) is 17.8 Å². The van der Waals surface area contributed by atoms with Crippen LogP contribution in [0, 0.1) is 12.7 Å². The molecule has 3 aromatic rings. The van der Waals surface area contributed by atoms with Gasteiger partial charge in [-0.25, -0.2) is 4.39 Å². The number of hydrogen-bond acceptors (Lipinski definition) is 3. The van der Waals surface area contributed by atoms with Crippen LogP contribution in [0.15, 0.2) is 52.9 Å². The van der Waals surface area contributed by atoms with E-state index < -0.39 is 0 Å². The zero-order valence-corrected chi connectivity index (χ0v) is 12.6. The summed E-state index contributed by atoms with van der Waals surface area (Å²) < 4.78 is 25.6. The maximum Gasteiger partial charge on any atom is 0.172 e. The second kappa shape index (κ2) is 6.20. The van der Waals surface area contributed by atoms with Crippen LogP contribution >= 0.6 is 0 Å². The first-order valence-corrected chi connectivity index (χ1v) is 7.26. The Morgan fingerprint density at radius 3 is 2.73 bits per heavy atom. The van der Waals surface area contributed by atoms with Crippen LogP contribution in [-0.2, 0) is 6.54 Å². The van der Waals surface area contributed by atoms with Gasteiger partial charge in [-0.2, -0.15) is 0 Å². The molecule has 0 bridgehead atoms. The van der Waals surface area contributed by atoms with Gasteiger partial charge in [0.05, 0.1) is 6.54 Å². The van der Waals surface area contributed by atoms with Crippen molar-refractivity contribution < 1.29 is 13.5 Å². The number of benzene rings is 2. The molecule has 0 radical (unpaired) electrons. The van der Waals surface area contributed by atoms with Gasteiger partial charge in [-0.15, -0.1) is 0 Å². The third-order valence-corrected chi connectivity index (χ3v) is 3.49. The van der Waals surface area contributed by atoms with Gasteiger partial charge in [0.2, 0.25) is 0 Å². The minimum atomic E-state index is -0.333. The largest absolute Gasteiger partial charge is 0.473 e. The quantitative estimate of drug-likeness (QED) is 0.709. The molecule has 0 saturated carbocycles. The molecule has 1 aromatic heterocycles. The van der Waals surface area contributed by atoms with Gasteiger partial charge >= 0.3 is 0 Å². The summed E-state index contributed by atoms with van der Waals surface area (Å²) in [4.78, 5) is 0. The Kier molecular flexibility index (Phi) is 4.11. The maximum atomic E-state index is 14.4. The molecule has 0 aliphatic heterocycles. The fourth-order valence-electron chi connectivity index (χ4n) is 2.36. The smallest absolute Gasteiger partial charge is 0.172 e. The van der Waals surface area contributed by atoms with E-state index in [1.54, 1.807) is 12.1 Å². The highest BCUT2D eigenvalue weighted by Gasteiger charge is 2.11. The Bertz CT molecular complexity index is 782. The SMILES string of the molecule is Cc1ccc(CNC(C)Oc2ccc3ccccc3c2F)o1. The molecule has 4 heteroatoms. The molecule has 1 unspecified atom stereocenters. The lowest BCUT2D eigenvalue weighted by molar-refractivity contribution is 0.170. The lowest BCUT2D eigenvalue weighted by atomic mass is 10.1. The number of hydrogen-bond donors (Lipinski definition) is 1. The second-order valence-electron chi connectivity index (χ2n) is 5.25. The highest BCUT2D eigenvalue weighted by molar-refractivity contribution is 5.84. The van der Waals surface area contributed by atoms with Crippen molar-refractivity contribution in [1.29, 1.82) is 0 Å². The van der Waals surface area contributed by atoms with Crippen molar-refractivity contribution in [1.82, 2.24) is 5.32 Å². The molecule has 114 valence electrons. The summed E-state index contributed by atoms with van der Waals surface area (Å²) in [7, 11) is 0. The summed E-state index contributed by atoms with van der Waals surface area (Å²) in [6, 6.07) is 14.7. The topological polar surface area (TPSA) is 34.4 Å². The van der Waals surface area contributed by atoms with Crippen LogP contribution in [0.1, 0.15) is 18.4 Å². The lowest BCUT2D eigenvalue weighted by Gasteiger charge is -2.16. The van der Waals surface area contributed by atoms with Gasteiger partial charge in [-0.05, 0) is 37.4 Å². The molecule has 0 aliphatic rings. The predicted molar refractivity (Wildman–Crippen MR) is 84.3 cm³/mol. The Balaban J connectivity index is 1.68. The van der Waals surface area contributed by atoms with Gasteiger partial charge in [0, 0.05) is 5.39 Å². The number of fused-ring (bicyclic) bond motifs is 1. The van der Waals surface area contributed by atoms with E-state index in [0.29, 0.717) is 11.9 Å². The van der Waals surface area contributed by atoms with Crippen molar-refractivity contribution in [2.24, 2.45) is 0 Å². The van der Waals surface area contributed by atoms with Crippen LogP contribution in [0.2, 0.25) is 0 Å². The molecule has 0 spiro atoms. The van der Waals surface area contributed by atoms with E-state index in [4.69, 9.17) is 9.15 Å². The Morgan fingerprint density at radius 2 is 1.95 bits per heavy atom. The Labute approximate surface area is 128 Å². The zero-order chi connectivity index (χ0) is 15.5. The van der Waals surface area contributed by atoms with Crippen LogP contribution in [0.25, 0.3) is 10.8 Å². The maximum absolute atomic E-state index is 14.4. The number of aryl methyl sites for hydroxylation is 1. The third kappa shape index (κ3) is 3.12. The minimum Gasteiger partial charge on any atom is -0.473 e. The fraction of sp³-hybridized carbons (Fsp3) is 0.222. The standard InChI is InChI=1S/C18H18FNO2/c1-12-7-9-15(21-12)11-20-13(2)22-17-10-8-14-5-3-4-6-16(14)18(17)19/h3-10,13,20H,11H2,1-2H3. The number of furan rings is 1. The van der Waals surface area contributed by atoms with Crippen LogP contribution in [0.5, 0.6) is 5.75 Å². The van der Waals surface area contributed by atoms with Gasteiger partial charge in [0.1, 0.15) is 17.7 Å². The van der Waals surface area contributed by atoms with E-state index in [1.807, 2.05) is 50.2 Å². The molecule has 0 fully saturated rings. The molecule has 22 heavy (non-hydrogen) atoms. The minimum absolute atomic E-state index is 0.245. The van der Waals surface area contributed by atoms with Crippen LogP contribution < -0.4 is 10.1 Å². The summed E-state index contributed by atoms with van der Waals surface area (Å²) in [5.41, 5.74) is 0. The first kappa shape index (κ1) is 14.6. The van der Waals surface area contributed by atoms with E-state index in [1.165, 1.54) is 0 Å². The molecule has 1 N–H and O–H groups in total. The molecular weight excluding hydrogens is 281 g/mol. The normalized spacial score (nSPS) is 12.5. The van der Waals surface area contributed by atoms with Crippen molar-refractivity contribution in [3.05, 3.63) is 65.9 Å². The third-order valence-electron chi connectivity index (χ3n) is 3.49. The summed E-state index contributed by atoms with van der Waals surface area (Å²) in [5, 5.41) is 4.58. The van der Waals surface area contributed by atoms with Gasteiger partial charge in [-0.1, -0.05) is 30.3 Å². The van der Waals surface area contributed by atoms with Crippen LogP contribution in [0.3, 0.4) is 0 Å². The number of halogens is 1. The van der Waals surface area contributed by atoms with Crippen molar-refractivity contribution in [2.45, 2.75) is 26.6 Å². The highest BCUT2D eigenvalue weighted by atomic mass is 19.1. The first-order chi connectivity index (χ1) is 10.6. The van der Waals surface area contributed by atoms with E-state index in [0.717, 1.165) is 16.9 Å². The predicted octanol–water partition coefficient (Wildman–Crippen LogP) is 4.39. The molecule has 1 atom stereocenters. The van der Waals surface area contributed by atoms with Crippen LogP contribution in [0.4, 0.5) is 4.39 Å². The Hall–Kier alpha value is -2.33. The van der Waals surface area contributed by atoms with Gasteiger partial charge in [0.15, 0.2) is 11.6 Å². The van der Waals surface area contributed by atoms with E-state index in [2.05, 4.69) is 5.32 Å². The zero-order valence-electron chi connectivity index (χ0n) is 12.6. The lowest BCUT2D eigenvalue weighted by Crippen LogP contribution is -2.31. The summed E-state index contributed by atoms with van der Waals surface area (Å²) in [6.45, 7) is 4.27. The van der Waals surface area contributed by atoms with Crippen molar-refractivity contribution in [3.63, 3.8) is 0 Å². The van der Waals surface area contributed by atoms with Crippen molar-refractivity contribution >= 4 is 10.8 Å². The monoisotopic (exact) mass is 299 g/mol. The molecule has 0 saturated heterocycles. The summed E-state index contributed by atoms with van der Waals surface area (Å²) in [5.74, 6) is 1.60. The summed E-state index contributed by atoms with van der Waals surface area (Å²) in [6.07, 6.45) is -0.332. The fourth-order valence-corrected chi connectivity index (χ4v) is 2.36. The first-order valence-electron chi connectivity index (χ1n) is 7.26. The van der Waals surface area contributed by atoms with Gasteiger partial charge in [-0.3, -0.25) is 5.32 Å². The number of ether oxygens (including phenoxy) is 1. The average Bonchev–Trinajstić information content (AvgIpc) is 2.94. The summed E-state index contributed by atoms with van der Waals surface area (Å²) >= 11 is 0. The molecule has 0 amide bonds. The molecular formula is C18H18FNO2. The van der Waals surface area contributed by atoms with Crippen molar-refractivity contribution in [3.8, 4) is 5.75 Å². The number of rotatable bonds is 5. The second-order valence-corrected chi connectivity index (χ2v) is 5.25. The molecule has 3 nitrogen and oxygen atoms in total. The van der Waals surface area contributed by atoms with E-state index in [9.17, 15) is 4.39 Å². The number of nitrogens with one attached hydrogen (secondary N) is 1. The van der Waals surface area contributed by atoms with Crippen LogP contribution in [-0.4, -0.2) is 6.23 Å². The Morgan fingerprint density at radius 1 is 1.14 bits per heavy atom. The molecule has 0 aliphatic carbocycles. The molecule has 2 aromatic carbocycles. The van der Waals surface area contributed by atoms with E-state index >= 15 is 0 Å². The molecule has 3 rings (SSSR count). The van der Waals surface area contributed by atoms with Crippen molar-refractivity contribution in [2.75, 3.05) is 0 Å².